The van der Waals surface area contributed by atoms with Crippen molar-refractivity contribution in [2.75, 3.05) is 19.7 Å². The standard InChI is InChI=1S/C18H17FN2O4/c1-12-15(3-2-4-16(12)21(23)24)18(22)20-9-10-25-17(11-20)13-5-7-14(19)8-6-13/h2-8,17H,9-11H2,1H3. The molecule has 0 saturated carbocycles. The molecular formula is C18H17FN2O4. The van der Waals surface area contributed by atoms with E-state index in [9.17, 15) is 19.3 Å². The van der Waals surface area contributed by atoms with Crippen molar-refractivity contribution in [2.24, 2.45) is 0 Å². The summed E-state index contributed by atoms with van der Waals surface area (Å²) in [6.45, 7) is 2.64. The number of nitrogens with zero attached hydrogens (tertiary/aromatic N) is 2. The fraction of sp³-hybridized carbons (Fsp3) is 0.278. The highest BCUT2D eigenvalue weighted by Gasteiger charge is 2.28. The van der Waals surface area contributed by atoms with Gasteiger partial charge in [-0.05, 0) is 30.7 Å². The molecule has 1 fully saturated rings. The van der Waals surface area contributed by atoms with Crippen LogP contribution in [0.5, 0.6) is 0 Å². The average molecular weight is 344 g/mol. The Morgan fingerprint density at radius 3 is 2.68 bits per heavy atom. The third kappa shape index (κ3) is 3.51. The number of carbonyl (C=O) groups excluding carboxylic acids is 1. The molecule has 1 aliphatic rings. The normalized spacial score (nSPS) is 17.4. The number of halogens is 1. The molecule has 0 N–H and O–H groups in total. The molecule has 130 valence electrons. The van der Waals surface area contributed by atoms with Gasteiger partial charge in [-0.15, -0.1) is 0 Å². The number of hydrogen-bond acceptors (Lipinski definition) is 4. The number of nitro groups is 1. The van der Waals surface area contributed by atoms with E-state index in [1.165, 1.54) is 24.3 Å². The van der Waals surface area contributed by atoms with Crippen molar-refractivity contribution in [3.8, 4) is 0 Å². The molecule has 2 aromatic carbocycles. The van der Waals surface area contributed by atoms with Gasteiger partial charge >= 0.3 is 0 Å². The van der Waals surface area contributed by atoms with Gasteiger partial charge in [0.2, 0.25) is 0 Å². The first kappa shape index (κ1) is 17.0. The van der Waals surface area contributed by atoms with Gasteiger partial charge in [0.1, 0.15) is 11.9 Å². The predicted molar refractivity (Wildman–Crippen MR) is 88.8 cm³/mol. The molecular weight excluding hydrogens is 327 g/mol. The number of morpholine rings is 1. The molecule has 1 atom stereocenters. The van der Waals surface area contributed by atoms with E-state index in [4.69, 9.17) is 4.74 Å². The molecule has 0 spiro atoms. The minimum absolute atomic E-state index is 0.0748. The molecule has 25 heavy (non-hydrogen) atoms. The average Bonchev–Trinajstić information content (AvgIpc) is 2.62. The summed E-state index contributed by atoms with van der Waals surface area (Å²) < 4.78 is 18.8. The molecule has 1 unspecified atom stereocenters. The van der Waals surface area contributed by atoms with E-state index < -0.39 is 4.92 Å². The molecule has 1 amide bonds. The van der Waals surface area contributed by atoms with Gasteiger partial charge in [0.15, 0.2) is 0 Å². The Morgan fingerprint density at radius 1 is 1.28 bits per heavy atom. The van der Waals surface area contributed by atoms with E-state index in [0.29, 0.717) is 30.8 Å². The van der Waals surface area contributed by atoms with E-state index in [2.05, 4.69) is 0 Å². The van der Waals surface area contributed by atoms with Crippen LogP contribution in [0.15, 0.2) is 42.5 Å². The highest BCUT2D eigenvalue weighted by Crippen LogP contribution is 2.26. The summed E-state index contributed by atoms with van der Waals surface area (Å²) in [5.74, 6) is -0.601. The molecule has 0 radical (unpaired) electrons. The first-order valence-corrected chi connectivity index (χ1v) is 7.87. The number of benzene rings is 2. The maximum atomic E-state index is 13.1. The largest absolute Gasteiger partial charge is 0.370 e. The minimum Gasteiger partial charge on any atom is -0.370 e. The Bertz CT molecular complexity index is 807. The topological polar surface area (TPSA) is 72.7 Å². The fourth-order valence-electron chi connectivity index (χ4n) is 2.94. The van der Waals surface area contributed by atoms with E-state index in [0.717, 1.165) is 5.56 Å². The van der Waals surface area contributed by atoms with Gasteiger partial charge in [0, 0.05) is 23.7 Å². The highest BCUT2D eigenvalue weighted by atomic mass is 19.1. The monoisotopic (exact) mass is 344 g/mol. The van der Waals surface area contributed by atoms with Crippen molar-refractivity contribution in [3.63, 3.8) is 0 Å². The lowest BCUT2D eigenvalue weighted by molar-refractivity contribution is -0.385. The molecule has 6 nitrogen and oxygen atoms in total. The van der Waals surface area contributed by atoms with Crippen LogP contribution in [-0.2, 0) is 4.74 Å². The lowest BCUT2D eigenvalue weighted by Gasteiger charge is -2.33. The molecule has 0 aliphatic carbocycles. The smallest absolute Gasteiger partial charge is 0.273 e. The number of hydrogen-bond donors (Lipinski definition) is 0. The predicted octanol–water partition coefficient (Wildman–Crippen LogP) is 3.26. The maximum Gasteiger partial charge on any atom is 0.273 e. The van der Waals surface area contributed by atoms with Crippen LogP contribution >= 0.6 is 0 Å². The number of nitro benzene ring substituents is 1. The van der Waals surface area contributed by atoms with E-state index >= 15 is 0 Å². The van der Waals surface area contributed by atoms with Crippen LogP contribution in [0.1, 0.15) is 27.6 Å². The zero-order valence-electron chi connectivity index (χ0n) is 13.6. The molecule has 0 bridgehead atoms. The van der Waals surface area contributed by atoms with Gasteiger partial charge < -0.3 is 9.64 Å². The lowest BCUT2D eigenvalue weighted by Crippen LogP contribution is -2.42. The minimum atomic E-state index is -0.493. The molecule has 7 heteroatoms. The van der Waals surface area contributed by atoms with Crippen molar-refractivity contribution in [1.29, 1.82) is 0 Å². The van der Waals surface area contributed by atoms with Crippen LogP contribution in [0.25, 0.3) is 0 Å². The summed E-state index contributed by atoms with van der Waals surface area (Å²) in [4.78, 5) is 25.0. The van der Waals surface area contributed by atoms with Gasteiger partial charge in [-0.1, -0.05) is 18.2 Å². The zero-order chi connectivity index (χ0) is 18.0. The summed E-state index contributed by atoms with van der Waals surface area (Å²) in [5.41, 5.74) is 1.38. The van der Waals surface area contributed by atoms with Crippen molar-refractivity contribution >= 4 is 11.6 Å². The van der Waals surface area contributed by atoms with Crippen LogP contribution in [0.3, 0.4) is 0 Å². The summed E-state index contributed by atoms with van der Waals surface area (Å²) in [7, 11) is 0. The van der Waals surface area contributed by atoms with Crippen molar-refractivity contribution < 1.29 is 18.8 Å². The summed E-state index contributed by atoms with van der Waals surface area (Å²) in [5, 5.41) is 11.1. The SMILES string of the molecule is Cc1c(C(=O)N2CCOC(c3ccc(F)cc3)C2)cccc1[N+](=O)[O-]. The van der Waals surface area contributed by atoms with Gasteiger partial charge in [-0.2, -0.15) is 0 Å². The van der Waals surface area contributed by atoms with Gasteiger partial charge in [-0.25, -0.2) is 4.39 Å². The van der Waals surface area contributed by atoms with E-state index in [-0.39, 0.29) is 23.5 Å². The fourth-order valence-corrected chi connectivity index (χ4v) is 2.94. The van der Waals surface area contributed by atoms with Gasteiger partial charge in [-0.3, -0.25) is 14.9 Å². The Kier molecular flexibility index (Phi) is 4.76. The Labute approximate surface area is 144 Å². The van der Waals surface area contributed by atoms with E-state index in [1.807, 2.05) is 0 Å². The number of rotatable bonds is 3. The van der Waals surface area contributed by atoms with Gasteiger partial charge in [0.05, 0.1) is 18.1 Å². The first-order valence-electron chi connectivity index (χ1n) is 7.87. The van der Waals surface area contributed by atoms with Crippen molar-refractivity contribution in [2.45, 2.75) is 13.0 Å². The van der Waals surface area contributed by atoms with Crippen LogP contribution in [-0.4, -0.2) is 35.4 Å². The molecule has 1 saturated heterocycles. The molecule has 2 aromatic rings. The highest BCUT2D eigenvalue weighted by molar-refractivity contribution is 5.96. The van der Waals surface area contributed by atoms with Crippen LogP contribution in [0, 0.1) is 22.9 Å². The van der Waals surface area contributed by atoms with Crippen LogP contribution in [0.2, 0.25) is 0 Å². The number of amides is 1. The second kappa shape index (κ2) is 6.98. The Balaban J connectivity index is 1.82. The maximum absolute atomic E-state index is 13.1. The third-order valence-corrected chi connectivity index (χ3v) is 4.33. The lowest BCUT2D eigenvalue weighted by atomic mass is 10.0. The van der Waals surface area contributed by atoms with Crippen LogP contribution in [0.4, 0.5) is 10.1 Å². The summed E-state index contributed by atoms with van der Waals surface area (Å²) >= 11 is 0. The second-order valence-electron chi connectivity index (χ2n) is 5.87. The quantitative estimate of drug-likeness (QED) is 0.633. The van der Waals surface area contributed by atoms with E-state index in [1.54, 1.807) is 30.0 Å². The third-order valence-electron chi connectivity index (χ3n) is 4.33. The van der Waals surface area contributed by atoms with Crippen LogP contribution < -0.4 is 0 Å². The van der Waals surface area contributed by atoms with Crippen molar-refractivity contribution in [1.82, 2.24) is 4.90 Å². The van der Waals surface area contributed by atoms with Gasteiger partial charge in [0.25, 0.3) is 11.6 Å². The summed E-state index contributed by atoms with van der Waals surface area (Å²) in [6, 6.07) is 10.4. The Hall–Kier alpha value is -2.80. The zero-order valence-corrected chi connectivity index (χ0v) is 13.6. The molecule has 3 rings (SSSR count). The molecule has 1 heterocycles. The Morgan fingerprint density at radius 2 is 2.00 bits per heavy atom. The van der Waals surface area contributed by atoms with Crippen molar-refractivity contribution in [3.05, 3.63) is 75.1 Å². The number of carbonyl (C=O) groups is 1. The number of ether oxygens (including phenoxy) is 1. The summed E-state index contributed by atoms with van der Waals surface area (Å²) in [6.07, 6.45) is -0.350. The molecule has 1 aliphatic heterocycles. The molecule has 0 aromatic heterocycles. The second-order valence-corrected chi connectivity index (χ2v) is 5.87. The first-order chi connectivity index (χ1) is 12.0.